The molecule has 0 saturated carbocycles. The molecule has 29 heavy (non-hydrogen) atoms. The molecule has 1 heterocycles. The molecule has 0 unspecified atom stereocenters. The van der Waals surface area contributed by atoms with Gasteiger partial charge >= 0.3 is 5.97 Å². The van der Waals surface area contributed by atoms with Crippen molar-refractivity contribution in [3.05, 3.63) is 88.0 Å². The Labute approximate surface area is 169 Å². The lowest BCUT2D eigenvalue weighted by Crippen LogP contribution is -2.15. The van der Waals surface area contributed by atoms with Crippen LogP contribution in [-0.4, -0.2) is 22.8 Å². The van der Waals surface area contributed by atoms with Crippen molar-refractivity contribution >= 4 is 5.97 Å². The molecule has 0 bridgehead atoms. The minimum atomic E-state index is -0.943. The SMILES string of the molecule is COc1ccc(Cn2c(C)c(CNCc3cccc(F)c3)c(C(=O)O)c2C)cc1. The van der Waals surface area contributed by atoms with E-state index in [9.17, 15) is 14.3 Å². The Balaban J connectivity index is 1.82. The van der Waals surface area contributed by atoms with E-state index in [0.717, 1.165) is 28.1 Å². The third-order valence-electron chi connectivity index (χ3n) is 5.14. The first-order valence-corrected chi connectivity index (χ1v) is 9.40. The van der Waals surface area contributed by atoms with Gasteiger partial charge in [-0.25, -0.2) is 9.18 Å². The van der Waals surface area contributed by atoms with E-state index in [0.29, 0.717) is 30.9 Å². The molecule has 0 spiro atoms. The Morgan fingerprint density at radius 2 is 1.79 bits per heavy atom. The molecule has 3 rings (SSSR count). The van der Waals surface area contributed by atoms with Crippen LogP contribution in [0, 0.1) is 19.7 Å². The Hall–Kier alpha value is -3.12. The number of benzene rings is 2. The van der Waals surface area contributed by atoms with Crippen LogP contribution in [0.15, 0.2) is 48.5 Å². The van der Waals surface area contributed by atoms with Crippen LogP contribution in [0.25, 0.3) is 0 Å². The van der Waals surface area contributed by atoms with Gasteiger partial charge in [-0.15, -0.1) is 0 Å². The quantitative estimate of drug-likeness (QED) is 0.596. The van der Waals surface area contributed by atoms with Crippen molar-refractivity contribution in [2.45, 2.75) is 33.5 Å². The number of nitrogens with one attached hydrogen (secondary N) is 1. The lowest BCUT2D eigenvalue weighted by molar-refractivity contribution is 0.0694. The third kappa shape index (κ3) is 4.66. The number of nitrogens with zero attached hydrogens (tertiary/aromatic N) is 1. The second-order valence-corrected chi connectivity index (χ2v) is 7.00. The fourth-order valence-corrected chi connectivity index (χ4v) is 3.58. The number of aromatic carboxylic acids is 1. The highest BCUT2D eigenvalue weighted by molar-refractivity contribution is 5.91. The van der Waals surface area contributed by atoms with Gasteiger partial charge in [0.15, 0.2) is 0 Å². The van der Waals surface area contributed by atoms with Gasteiger partial charge in [0.2, 0.25) is 0 Å². The average molecular weight is 396 g/mol. The van der Waals surface area contributed by atoms with Crippen molar-refractivity contribution < 1.29 is 19.0 Å². The van der Waals surface area contributed by atoms with Gasteiger partial charge in [-0.3, -0.25) is 0 Å². The number of ether oxygens (including phenoxy) is 1. The molecule has 3 aromatic rings. The molecular formula is C23H25FN2O3. The lowest BCUT2D eigenvalue weighted by Gasteiger charge is -2.11. The largest absolute Gasteiger partial charge is 0.497 e. The summed E-state index contributed by atoms with van der Waals surface area (Å²) < 4.78 is 20.6. The minimum absolute atomic E-state index is 0.284. The number of rotatable bonds is 8. The van der Waals surface area contributed by atoms with Gasteiger partial charge in [-0.1, -0.05) is 24.3 Å². The number of carboxylic acid groups (broad SMARTS) is 1. The number of hydrogen-bond acceptors (Lipinski definition) is 3. The first-order chi connectivity index (χ1) is 13.9. The van der Waals surface area contributed by atoms with Crippen molar-refractivity contribution in [3.63, 3.8) is 0 Å². The number of hydrogen-bond donors (Lipinski definition) is 2. The monoisotopic (exact) mass is 396 g/mol. The smallest absolute Gasteiger partial charge is 0.337 e. The number of carbonyl (C=O) groups is 1. The number of methoxy groups -OCH3 is 1. The number of aromatic nitrogens is 1. The standard InChI is InChI=1S/C23H25FN2O3/c1-15-21(13-25-12-18-5-4-6-19(24)11-18)22(23(27)28)16(2)26(15)14-17-7-9-20(29-3)10-8-17/h4-11,25H,12-14H2,1-3H3,(H,27,28). The second kappa shape index (κ2) is 8.92. The number of halogens is 1. The van der Waals surface area contributed by atoms with E-state index >= 15 is 0 Å². The van der Waals surface area contributed by atoms with Crippen molar-refractivity contribution in [2.75, 3.05) is 7.11 Å². The fraction of sp³-hybridized carbons (Fsp3) is 0.261. The zero-order chi connectivity index (χ0) is 21.0. The van der Waals surface area contributed by atoms with E-state index in [1.807, 2.05) is 48.7 Å². The summed E-state index contributed by atoms with van der Waals surface area (Å²) >= 11 is 0. The highest BCUT2D eigenvalue weighted by Gasteiger charge is 2.22. The van der Waals surface area contributed by atoms with E-state index in [2.05, 4.69) is 5.32 Å². The van der Waals surface area contributed by atoms with Crippen LogP contribution < -0.4 is 10.1 Å². The topological polar surface area (TPSA) is 63.5 Å². The van der Waals surface area contributed by atoms with Gasteiger partial charge in [0, 0.05) is 36.6 Å². The molecule has 0 aliphatic carbocycles. The highest BCUT2D eigenvalue weighted by Crippen LogP contribution is 2.24. The molecule has 1 aromatic heterocycles. The van der Waals surface area contributed by atoms with Gasteiger partial charge in [-0.2, -0.15) is 0 Å². The average Bonchev–Trinajstić information content (AvgIpc) is 2.93. The normalized spacial score (nSPS) is 10.9. The fourth-order valence-electron chi connectivity index (χ4n) is 3.58. The van der Waals surface area contributed by atoms with Crippen molar-refractivity contribution in [3.8, 4) is 5.75 Å². The molecule has 6 heteroatoms. The predicted molar refractivity (Wildman–Crippen MR) is 110 cm³/mol. The summed E-state index contributed by atoms with van der Waals surface area (Å²) in [7, 11) is 1.62. The predicted octanol–water partition coefficient (Wildman–Crippen LogP) is 4.29. The lowest BCUT2D eigenvalue weighted by atomic mass is 10.1. The van der Waals surface area contributed by atoms with Crippen LogP contribution in [0.4, 0.5) is 4.39 Å². The molecule has 0 fully saturated rings. The summed E-state index contributed by atoms with van der Waals surface area (Å²) in [6.45, 7) is 5.18. The molecule has 5 nitrogen and oxygen atoms in total. The van der Waals surface area contributed by atoms with E-state index in [-0.39, 0.29) is 5.82 Å². The molecule has 0 atom stereocenters. The summed E-state index contributed by atoms with van der Waals surface area (Å²) in [4.78, 5) is 11.9. The van der Waals surface area contributed by atoms with E-state index in [1.165, 1.54) is 12.1 Å². The molecule has 2 N–H and O–H groups in total. The van der Waals surface area contributed by atoms with Crippen LogP contribution in [0.3, 0.4) is 0 Å². The summed E-state index contributed by atoms with van der Waals surface area (Å²) in [6.07, 6.45) is 0. The summed E-state index contributed by atoms with van der Waals surface area (Å²) in [5.74, 6) is -0.446. The van der Waals surface area contributed by atoms with Gasteiger partial charge in [0.25, 0.3) is 0 Å². The van der Waals surface area contributed by atoms with Crippen LogP contribution in [0.5, 0.6) is 5.75 Å². The molecule has 0 radical (unpaired) electrons. The van der Waals surface area contributed by atoms with E-state index in [4.69, 9.17) is 4.74 Å². The van der Waals surface area contributed by atoms with Crippen LogP contribution >= 0.6 is 0 Å². The molecule has 0 amide bonds. The second-order valence-electron chi connectivity index (χ2n) is 7.00. The zero-order valence-corrected chi connectivity index (χ0v) is 16.8. The first-order valence-electron chi connectivity index (χ1n) is 9.40. The zero-order valence-electron chi connectivity index (χ0n) is 16.8. The molecule has 0 aliphatic rings. The molecular weight excluding hydrogens is 371 g/mol. The summed E-state index contributed by atoms with van der Waals surface area (Å²) in [6, 6.07) is 14.1. The maximum atomic E-state index is 13.3. The molecule has 0 aliphatic heterocycles. The van der Waals surface area contributed by atoms with Crippen LogP contribution in [0.2, 0.25) is 0 Å². The van der Waals surface area contributed by atoms with Crippen molar-refractivity contribution in [1.29, 1.82) is 0 Å². The van der Waals surface area contributed by atoms with Gasteiger partial charge in [0.05, 0.1) is 12.7 Å². The van der Waals surface area contributed by atoms with Gasteiger partial charge in [0.1, 0.15) is 11.6 Å². The Kier molecular flexibility index (Phi) is 6.34. The summed E-state index contributed by atoms with van der Waals surface area (Å²) in [5, 5.41) is 13.0. The van der Waals surface area contributed by atoms with E-state index in [1.54, 1.807) is 13.2 Å². The van der Waals surface area contributed by atoms with Crippen LogP contribution in [0.1, 0.15) is 38.4 Å². The Morgan fingerprint density at radius 1 is 1.07 bits per heavy atom. The Morgan fingerprint density at radius 3 is 2.41 bits per heavy atom. The van der Waals surface area contributed by atoms with Crippen molar-refractivity contribution in [2.24, 2.45) is 0 Å². The van der Waals surface area contributed by atoms with Crippen molar-refractivity contribution in [1.82, 2.24) is 9.88 Å². The highest BCUT2D eigenvalue weighted by atomic mass is 19.1. The maximum absolute atomic E-state index is 13.3. The minimum Gasteiger partial charge on any atom is -0.497 e. The molecule has 2 aromatic carbocycles. The van der Waals surface area contributed by atoms with E-state index < -0.39 is 5.97 Å². The summed E-state index contributed by atoms with van der Waals surface area (Å²) in [5.41, 5.74) is 4.57. The van der Waals surface area contributed by atoms with Gasteiger partial charge in [-0.05, 0) is 49.2 Å². The Bertz CT molecular complexity index is 1010. The van der Waals surface area contributed by atoms with Crippen LogP contribution in [-0.2, 0) is 19.6 Å². The number of carboxylic acids is 1. The molecule has 152 valence electrons. The maximum Gasteiger partial charge on any atom is 0.337 e. The first kappa shape index (κ1) is 20.6. The third-order valence-corrected chi connectivity index (χ3v) is 5.14. The van der Waals surface area contributed by atoms with Gasteiger partial charge < -0.3 is 19.7 Å². The molecule has 0 saturated heterocycles.